The summed E-state index contributed by atoms with van der Waals surface area (Å²) < 4.78 is 12.2. The van der Waals surface area contributed by atoms with Gasteiger partial charge in [0.15, 0.2) is 6.61 Å². The van der Waals surface area contributed by atoms with Crippen molar-refractivity contribution in [1.82, 2.24) is 10.2 Å². The summed E-state index contributed by atoms with van der Waals surface area (Å²) in [6.45, 7) is 1.32. The van der Waals surface area contributed by atoms with Crippen molar-refractivity contribution < 1.29 is 19.1 Å². The molecule has 0 bridgehead atoms. The molecule has 2 aromatic rings. The molecule has 32 heavy (non-hydrogen) atoms. The van der Waals surface area contributed by atoms with Gasteiger partial charge < -0.3 is 19.7 Å². The van der Waals surface area contributed by atoms with Gasteiger partial charge in [-0.3, -0.25) is 9.59 Å². The predicted molar refractivity (Wildman–Crippen MR) is 121 cm³/mol. The molecule has 6 heteroatoms. The van der Waals surface area contributed by atoms with Gasteiger partial charge in [-0.1, -0.05) is 36.4 Å². The van der Waals surface area contributed by atoms with Gasteiger partial charge in [-0.2, -0.15) is 0 Å². The minimum absolute atomic E-state index is 0.000254. The molecule has 1 N–H and O–H groups in total. The molecular formula is C26H30N2O4. The summed E-state index contributed by atoms with van der Waals surface area (Å²) in [6, 6.07) is 17.9. The Morgan fingerprint density at radius 2 is 1.75 bits per heavy atom. The van der Waals surface area contributed by atoms with Gasteiger partial charge in [-0.25, -0.2) is 0 Å². The Hall–Kier alpha value is -3.02. The molecule has 5 rings (SSSR count). The number of likely N-dealkylation sites (tertiary alicyclic amines) is 1. The summed E-state index contributed by atoms with van der Waals surface area (Å²) in [7, 11) is 0. The lowest BCUT2D eigenvalue weighted by Gasteiger charge is -2.46. The number of nitrogens with one attached hydrogen (secondary N) is 1. The van der Waals surface area contributed by atoms with Crippen LogP contribution in [-0.4, -0.2) is 48.1 Å². The molecule has 2 heterocycles. The molecule has 3 aliphatic rings. The largest absolute Gasteiger partial charge is 0.487 e. The molecule has 1 aliphatic carbocycles. The number of hydrogen-bond acceptors (Lipinski definition) is 4. The molecule has 2 aromatic carbocycles. The quantitative estimate of drug-likeness (QED) is 0.754. The highest BCUT2D eigenvalue weighted by molar-refractivity contribution is 5.78. The van der Waals surface area contributed by atoms with E-state index < -0.39 is 0 Å². The number of ether oxygens (including phenoxy) is 2. The Kier molecular flexibility index (Phi) is 5.77. The fourth-order valence-corrected chi connectivity index (χ4v) is 4.89. The Labute approximate surface area is 188 Å². The minimum Gasteiger partial charge on any atom is -0.487 e. The number of amides is 2. The van der Waals surface area contributed by atoms with E-state index in [1.165, 1.54) is 0 Å². The molecule has 2 aliphatic heterocycles. The second-order valence-electron chi connectivity index (χ2n) is 9.25. The van der Waals surface area contributed by atoms with Crippen molar-refractivity contribution in [1.29, 1.82) is 0 Å². The zero-order valence-corrected chi connectivity index (χ0v) is 18.3. The highest BCUT2D eigenvalue weighted by atomic mass is 16.5. The number of benzene rings is 2. The number of carbonyl (C=O) groups excluding carboxylic acids is 2. The lowest BCUT2D eigenvalue weighted by atomic mass is 9.76. The van der Waals surface area contributed by atoms with Crippen molar-refractivity contribution in [2.24, 2.45) is 0 Å². The molecule has 0 aromatic heterocycles. The average molecular weight is 435 g/mol. The van der Waals surface area contributed by atoms with Gasteiger partial charge in [0.05, 0.1) is 0 Å². The van der Waals surface area contributed by atoms with Crippen molar-refractivity contribution in [2.75, 3.05) is 19.7 Å². The molecule has 2 fully saturated rings. The summed E-state index contributed by atoms with van der Waals surface area (Å²) >= 11 is 0. The van der Waals surface area contributed by atoms with Crippen LogP contribution in [0.4, 0.5) is 0 Å². The topological polar surface area (TPSA) is 67.9 Å². The third kappa shape index (κ3) is 4.74. The van der Waals surface area contributed by atoms with Crippen LogP contribution in [0, 0.1) is 0 Å². The number of carbonyl (C=O) groups is 2. The average Bonchev–Trinajstić information content (AvgIpc) is 3.62. The van der Waals surface area contributed by atoms with E-state index in [1.54, 1.807) is 0 Å². The van der Waals surface area contributed by atoms with E-state index >= 15 is 0 Å². The number of fused-ring (bicyclic) bond motifs is 1. The van der Waals surface area contributed by atoms with Gasteiger partial charge in [0.1, 0.15) is 17.1 Å². The van der Waals surface area contributed by atoms with Crippen molar-refractivity contribution in [3.63, 3.8) is 0 Å². The molecule has 1 spiro atoms. The predicted octanol–water partition coefficient (Wildman–Crippen LogP) is 3.66. The fourth-order valence-electron chi connectivity index (χ4n) is 4.89. The normalized spacial score (nSPS) is 21.4. The van der Waals surface area contributed by atoms with Crippen LogP contribution in [0.1, 0.15) is 50.0 Å². The number of piperidine rings is 1. The molecule has 0 unspecified atom stereocenters. The van der Waals surface area contributed by atoms with Gasteiger partial charge in [-0.05, 0) is 43.0 Å². The fraction of sp³-hybridized carbons (Fsp3) is 0.462. The molecule has 0 radical (unpaired) electrons. The van der Waals surface area contributed by atoms with Crippen LogP contribution in [0.5, 0.6) is 11.5 Å². The first-order chi connectivity index (χ1) is 15.6. The highest BCUT2D eigenvalue weighted by Gasteiger charge is 2.44. The summed E-state index contributed by atoms with van der Waals surface area (Å²) in [5.74, 6) is 1.86. The van der Waals surface area contributed by atoms with E-state index in [0.29, 0.717) is 31.3 Å². The zero-order valence-electron chi connectivity index (χ0n) is 18.3. The molecule has 6 nitrogen and oxygen atoms in total. The van der Waals surface area contributed by atoms with Crippen LogP contribution in [0.15, 0.2) is 54.6 Å². The van der Waals surface area contributed by atoms with Gasteiger partial charge in [0, 0.05) is 44.3 Å². The molecule has 1 saturated carbocycles. The smallest absolute Gasteiger partial charge is 0.260 e. The van der Waals surface area contributed by atoms with E-state index in [4.69, 9.17) is 9.47 Å². The molecule has 1 saturated heterocycles. The van der Waals surface area contributed by atoms with E-state index in [-0.39, 0.29) is 29.9 Å². The van der Waals surface area contributed by atoms with Crippen LogP contribution >= 0.6 is 0 Å². The molecule has 168 valence electrons. The lowest BCUT2D eigenvalue weighted by Crippen LogP contribution is -2.52. The molecular weight excluding hydrogens is 404 g/mol. The lowest BCUT2D eigenvalue weighted by molar-refractivity contribution is -0.137. The number of nitrogens with zero attached hydrogens (tertiary/aromatic N) is 1. The number of rotatable bonds is 6. The second kappa shape index (κ2) is 8.85. The Balaban J connectivity index is 1.21. The second-order valence-corrected chi connectivity index (χ2v) is 9.25. The van der Waals surface area contributed by atoms with E-state index in [2.05, 4.69) is 11.4 Å². The minimum atomic E-state index is -0.323. The van der Waals surface area contributed by atoms with Gasteiger partial charge in [-0.15, -0.1) is 0 Å². The molecule has 1 atom stereocenters. The van der Waals surface area contributed by atoms with Crippen LogP contribution in [-0.2, 0) is 9.59 Å². The monoisotopic (exact) mass is 434 g/mol. The van der Waals surface area contributed by atoms with E-state index in [9.17, 15) is 9.59 Å². The summed E-state index contributed by atoms with van der Waals surface area (Å²) in [6.07, 6.45) is 5.02. The van der Waals surface area contributed by atoms with Crippen molar-refractivity contribution >= 4 is 11.8 Å². The third-order valence-electron chi connectivity index (χ3n) is 6.81. The summed E-state index contributed by atoms with van der Waals surface area (Å²) in [5, 5.41) is 3.13. The van der Waals surface area contributed by atoms with Crippen LogP contribution in [0.3, 0.4) is 0 Å². The third-order valence-corrected chi connectivity index (χ3v) is 6.81. The summed E-state index contributed by atoms with van der Waals surface area (Å²) in [5.41, 5.74) is 0.800. The van der Waals surface area contributed by atoms with Gasteiger partial charge in [0.25, 0.3) is 5.91 Å². The first-order valence-electron chi connectivity index (χ1n) is 11.6. The highest BCUT2D eigenvalue weighted by Crippen LogP contribution is 2.46. The Morgan fingerprint density at radius 1 is 1.03 bits per heavy atom. The van der Waals surface area contributed by atoms with Crippen LogP contribution < -0.4 is 14.8 Å². The maximum Gasteiger partial charge on any atom is 0.260 e. The first-order valence-corrected chi connectivity index (χ1v) is 11.6. The van der Waals surface area contributed by atoms with Crippen molar-refractivity contribution in [3.05, 3.63) is 60.2 Å². The van der Waals surface area contributed by atoms with Gasteiger partial charge >= 0.3 is 0 Å². The number of para-hydroxylation sites is 2. The van der Waals surface area contributed by atoms with E-state index in [1.807, 2.05) is 53.4 Å². The Morgan fingerprint density at radius 3 is 2.50 bits per heavy atom. The van der Waals surface area contributed by atoms with Crippen LogP contribution in [0.25, 0.3) is 0 Å². The zero-order chi connectivity index (χ0) is 22.0. The van der Waals surface area contributed by atoms with Crippen molar-refractivity contribution in [3.8, 4) is 11.5 Å². The Bertz CT molecular complexity index is 965. The van der Waals surface area contributed by atoms with Crippen molar-refractivity contribution in [2.45, 2.75) is 56.1 Å². The first kappa shape index (κ1) is 20.9. The number of hydrogen-bond donors (Lipinski definition) is 1. The van der Waals surface area contributed by atoms with Gasteiger partial charge in [0.2, 0.25) is 5.91 Å². The maximum absolute atomic E-state index is 12.7. The maximum atomic E-state index is 12.7. The van der Waals surface area contributed by atoms with E-state index in [0.717, 1.165) is 43.4 Å². The summed E-state index contributed by atoms with van der Waals surface area (Å²) in [4.78, 5) is 27.1. The SMILES string of the molecule is O=C(C[C@H]1CC2(CCN(C(=O)COc3ccccc3)CC2)Oc2ccccc21)NC1CC1. The van der Waals surface area contributed by atoms with Crippen LogP contribution in [0.2, 0.25) is 0 Å². The molecule has 2 amide bonds. The standard InChI is InChI=1S/C26H30N2O4/c29-24(27-20-10-11-20)16-19-17-26(32-23-9-5-4-8-22(19)23)12-14-28(15-13-26)25(30)18-31-21-6-2-1-3-7-21/h1-9,19-20H,10-18H2,(H,27,29)/t19-/m0/s1.